The molecule has 1 aromatic heterocycles. The molecule has 0 aromatic carbocycles. The maximum absolute atomic E-state index is 13.1. The summed E-state index contributed by atoms with van der Waals surface area (Å²) in [6.45, 7) is 5.72. The van der Waals surface area contributed by atoms with E-state index in [2.05, 4.69) is 45.7 Å². The summed E-state index contributed by atoms with van der Waals surface area (Å²) in [5.41, 5.74) is 0. The Hall–Kier alpha value is -1.69. The molecule has 2 saturated heterocycles. The fourth-order valence-electron chi connectivity index (χ4n) is 4.12. The van der Waals surface area contributed by atoms with Gasteiger partial charge in [0.1, 0.15) is 5.82 Å². The van der Waals surface area contributed by atoms with Gasteiger partial charge < -0.3 is 14.7 Å². The van der Waals surface area contributed by atoms with Gasteiger partial charge in [-0.3, -0.25) is 9.78 Å². The number of anilines is 1. The van der Waals surface area contributed by atoms with Crippen molar-refractivity contribution in [3.63, 3.8) is 0 Å². The van der Waals surface area contributed by atoms with Gasteiger partial charge in [-0.1, -0.05) is 13.3 Å². The van der Waals surface area contributed by atoms with E-state index in [4.69, 9.17) is 0 Å². The van der Waals surface area contributed by atoms with Crippen molar-refractivity contribution >= 4 is 11.7 Å². The maximum atomic E-state index is 13.1. The van der Waals surface area contributed by atoms with Crippen LogP contribution in [0.5, 0.6) is 0 Å². The van der Waals surface area contributed by atoms with E-state index < -0.39 is 0 Å². The molecule has 2 aliphatic rings. The lowest BCUT2D eigenvalue weighted by Crippen LogP contribution is -2.45. The van der Waals surface area contributed by atoms with Gasteiger partial charge >= 0.3 is 0 Å². The third-order valence-corrected chi connectivity index (χ3v) is 5.55. The molecule has 2 aliphatic heterocycles. The fraction of sp³-hybridized carbons (Fsp3) is 0.722. The predicted molar refractivity (Wildman–Crippen MR) is 94.8 cm³/mol. The Labute approximate surface area is 144 Å². The van der Waals surface area contributed by atoms with E-state index in [1.165, 1.54) is 0 Å². The molecule has 0 N–H and O–H groups in total. The molecule has 0 spiro atoms. The monoisotopic (exact) mass is 331 g/mol. The molecule has 3 atom stereocenters. The minimum Gasteiger partial charge on any atom is -0.355 e. The number of nitrogens with zero attached hydrogens (tertiary/aromatic N) is 5. The molecule has 6 nitrogen and oxygen atoms in total. The van der Waals surface area contributed by atoms with E-state index in [1.54, 1.807) is 18.6 Å². The van der Waals surface area contributed by atoms with Crippen LogP contribution in [-0.4, -0.2) is 72.0 Å². The first kappa shape index (κ1) is 17.1. The van der Waals surface area contributed by atoms with Crippen molar-refractivity contribution in [1.82, 2.24) is 19.8 Å². The zero-order chi connectivity index (χ0) is 17.1. The molecule has 3 unspecified atom stereocenters. The van der Waals surface area contributed by atoms with Crippen LogP contribution in [0.3, 0.4) is 0 Å². The molecule has 0 radical (unpaired) electrons. The largest absolute Gasteiger partial charge is 0.355 e. The molecular weight excluding hydrogens is 302 g/mol. The number of rotatable bonds is 4. The number of carbonyl (C=O) groups excluding carboxylic acids is 1. The van der Waals surface area contributed by atoms with E-state index in [1.807, 2.05) is 0 Å². The van der Waals surface area contributed by atoms with Crippen LogP contribution in [0.15, 0.2) is 18.6 Å². The second-order valence-corrected chi connectivity index (χ2v) is 7.29. The number of aromatic nitrogens is 2. The van der Waals surface area contributed by atoms with Crippen LogP contribution in [-0.2, 0) is 4.79 Å². The number of amides is 1. The average Bonchev–Trinajstić information content (AvgIpc) is 3.06. The van der Waals surface area contributed by atoms with Gasteiger partial charge in [-0.05, 0) is 32.9 Å². The average molecular weight is 331 g/mol. The highest BCUT2D eigenvalue weighted by atomic mass is 16.2. The summed E-state index contributed by atoms with van der Waals surface area (Å²) in [6, 6.07) is 0.485. The lowest BCUT2D eigenvalue weighted by Gasteiger charge is -2.34. The number of carbonyl (C=O) groups is 1. The minimum atomic E-state index is 0.0826. The number of likely N-dealkylation sites (N-methyl/N-ethyl adjacent to an activating group) is 1. The Morgan fingerprint density at radius 1 is 1.29 bits per heavy atom. The molecule has 0 bridgehead atoms. The van der Waals surface area contributed by atoms with Gasteiger partial charge in [0.25, 0.3) is 0 Å². The molecule has 2 fully saturated rings. The van der Waals surface area contributed by atoms with Crippen LogP contribution < -0.4 is 4.90 Å². The molecule has 1 amide bonds. The standard InChI is InChI=1S/C18H29N5O/c1-4-14-11-23(13-16(14)21(2)3)18(24)15-6-5-9-22(12-15)17-10-19-7-8-20-17/h7-8,10,14-16H,4-6,9,11-13H2,1-3H3. The maximum Gasteiger partial charge on any atom is 0.227 e. The highest BCUT2D eigenvalue weighted by Gasteiger charge is 2.38. The first-order valence-corrected chi connectivity index (χ1v) is 9.06. The van der Waals surface area contributed by atoms with Crippen molar-refractivity contribution < 1.29 is 4.79 Å². The van der Waals surface area contributed by atoms with Crippen LogP contribution in [0.4, 0.5) is 5.82 Å². The summed E-state index contributed by atoms with van der Waals surface area (Å²) in [5.74, 6) is 1.88. The van der Waals surface area contributed by atoms with Crippen LogP contribution in [0.2, 0.25) is 0 Å². The molecule has 6 heteroatoms. The van der Waals surface area contributed by atoms with Crippen molar-refractivity contribution in [3.8, 4) is 0 Å². The van der Waals surface area contributed by atoms with E-state index in [9.17, 15) is 4.79 Å². The Morgan fingerprint density at radius 3 is 2.75 bits per heavy atom. The van der Waals surface area contributed by atoms with Gasteiger partial charge in [-0.2, -0.15) is 0 Å². The third-order valence-electron chi connectivity index (χ3n) is 5.55. The third kappa shape index (κ3) is 3.53. The lowest BCUT2D eigenvalue weighted by atomic mass is 9.96. The van der Waals surface area contributed by atoms with Crippen molar-refractivity contribution in [2.75, 3.05) is 45.2 Å². The molecule has 1 aromatic rings. The zero-order valence-corrected chi connectivity index (χ0v) is 15.1. The molecule has 24 heavy (non-hydrogen) atoms. The number of hydrogen-bond donors (Lipinski definition) is 0. The molecule has 0 saturated carbocycles. The van der Waals surface area contributed by atoms with Crippen LogP contribution in [0.1, 0.15) is 26.2 Å². The number of likely N-dealkylation sites (tertiary alicyclic amines) is 1. The van der Waals surface area contributed by atoms with Crippen molar-refractivity contribution in [2.45, 2.75) is 32.2 Å². The first-order valence-electron chi connectivity index (χ1n) is 9.06. The van der Waals surface area contributed by atoms with Gasteiger partial charge in [0, 0.05) is 44.6 Å². The second kappa shape index (κ2) is 7.47. The summed E-state index contributed by atoms with van der Waals surface area (Å²) >= 11 is 0. The van der Waals surface area contributed by atoms with Crippen LogP contribution >= 0.6 is 0 Å². The molecule has 3 heterocycles. The van der Waals surface area contributed by atoms with Crippen molar-refractivity contribution in [1.29, 1.82) is 0 Å². The van der Waals surface area contributed by atoms with Gasteiger partial charge in [0.15, 0.2) is 0 Å². The smallest absolute Gasteiger partial charge is 0.227 e. The van der Waals surface area contributed by atoms with E-state index in [0.29, 0.717) is 17.9 Å². The van der Waals surface area contributed by atoms with E-state index in [-0.39, 0.29) is 5.92 Å². The Balaban J connectivity index is 1.65. The quantitative estimate of drug-likeness (QED) is 0.837. The number of piperidine rings is 1. The molecular formula is C18H29N5O. The van der Waals surface area contributed by atoms with Gasteiger partial charge in [0.05, 0.1) is 12.1 Å². The van der Waals surface area contributed by atoms with Crippen LogP contribution in [0, 0.1) is 11.8 Å². The Bertz CT molecular complexity index is 550. The van der Waals surface area contributed by atoms with Gasteiger partial charge in [-0.25, -0.2) is 4.98 Å². The van der Waals surface area contributed by atoms with Crippen molar-refractivity contribution in [2.24, 2.45) is 11.8 Å². The van der Waals surface area contributed by atoms with E-state index in [0.717, 1.165) is 51.3 Å². The normalized spacial score (nSPS) is 27.8. The molecule has 0 aliphatic carbocycles. The highest BCUT2D eigenvalue weighted by Crippen LogP contribution is 2.28. The summed E-state index contributed by atoms with van der Waals surface area (Å²) in [7, 11) is 4.25. The zero-order valence-electron chi connectivity index (χ0n) is 15.1. The highest BCUT2D eigenvalue weighted by molar-refractivity contribution is 5.80. The van der Waals surface area contributed by atoms with Crippen molar-refractivity contribution in [3.05, 3.63) is 18.6 Å². The first-order chi connectivity index (χ1) is 11.6. The topological polar surface area (TPSA) is 52.6 Å². The van der Waals surface area contributed by atoms with Gasteiger partial charge in [-0.15, -0.1) is 0 Å². The van der Waals surface area contributed by atoms with E-state index >= 15 is 0 Å². The van der Waals surface area contributed by atoms with Gasteiger partial charge in [0.2, 0.25) is 5.91 Å². The fourth-order valence-corrected chi connectivity index (χ4v) is 4.12. The second-order valence-electron chi connectivity index (χ2n) is 7.29. The summed E-state index contributed by atoms with van der Waals surface area (Å²) in [4.78, 5) is 28.2. The van der Waals surface area contributed by atoms with Crippen LogP contribution in [0.25, 0.3) is 0 Å². The summed E-state index contributed by atoms with van der Waals surface area (Å²) < 4.78 is 0. The predicted octanol–water partition coefficient (Wildman–Crippen LogP) is 1.49. The minimum absolute atomic E-state index is 0.0826. The Morgan fingerprint density at radius 2 is 2.12 bits per heavy atom. The molecule has 3 rings (SSSR count). The summed E-state index contributed by atoms with van der Waals surface area (Å²) in [6.07, 6.45) is 8.34. The lowest BCUT2D eigenvalue weighted by molar-refractivity contribution is -0.135. The number of hydrogen-bond acceptors (Lipinski definition) is 5. The molecule has 132 valence electrons. The SMILES string of the molecule is CCC1CN(C(=O)C2CCCN(c3cnccn3)C2)CC1N(C)C. The summed E-state index contributed by atoms with van der Waals surface area (Å²) in [5, 5.41) is 0. The Kier molecular flexibility index (Phi) is 5.33.